The first-order valence-corrected chi connectivity index (χ1v) is 5.91. The van der Waals surface area contributed by atoms with Gasteiger partial charge in [-0.3, -0.25) is 15.0 Å². The second-order valence-corrected chi connectivity index (χ2v) is 4.32. The number of nitrogen functional groups attached to an aromatic ring is 1. The van der Waals surface area contributed by atoms with Gasteiger partial charge in [-0.25, -0.2) is 9.78 Å². The minimum absolute atomic E-state index is 0.248. The molecule has 0 unspecified atom stereocenters. The number of urea groups is 1. The maximum Gasteiger partial charge on any atom is 0.328 e. The Bertz CT molecular complexity index is 683. The summed E-state index contributed by atoms with van der Waals surface area (Å²) in [6.45, 7) is 0.367. The number of carbonyl (C=O) groups is 2. The van der Waals surface area contributed by atoms with Crippen LogP contribution in [0.5, 0.6) is 0 Å². The van der Waals surface area contributed by atoms with E-state index in [-0.39, 0.29) is 5.91 Å². The number of pyridine rings is 1. The SMILES string of the molecule is Nc1nccc2c(N3CCC(=O)NC3=O)cccc12. The number of anilines is 2. The summed E-state index contributed by atoms with van der Waals surface area (Å²) in [7, 11) is 0. The molecule has 0 atom stereocenters. The maximum atomic E-state index is 11.9. The first-order valence-electron chi connectivity index (χ1n) is 5.91. The lowest BCUT2D eigenvalue weighted by atomic mass is 10.1. The van der Waals surface area contributed by atoms with Crippen LogP contribution in [0.1, 0.15) is 6.42 Å². The van der Waals surface area contributed by atoms with Crippen molar-refractivity contribution in [2.24, 2.45) is 0 Å². The molecule has 0 saturated carbocycles. The van der Waals surface area contributed by atoms with E-state index in [0.29, 0.717) is 18.8 Å². The molecule has 0 radical (unpaired) electrons. The number of nitrogens with zero attached hydrogens (tertiary/aromatic N) is 2. The third kappa shape index (κ3) is 1.87. The molecule has 1 aliphatic rings. The van der Waals surface area contributed by atoms with E-state index in [2.05, 4.69) is 10.3 Å². The van der Waals surface area contributed by atoms with E-state index in [9.17, 15) is 9.59 Å². The maximum absolute atomic E-state index is 11.9. The van der Waals surface area contributed by atoms with Crippen molar-refractivity contribution in [1.29, 1.82) is 0 Å². The molecule has 3 N–H and O–H groups in total. The largest absolute Gasteiger partial charge is 0.383 e. The third-order valence-corrected chi connectivity index (χ3v) is 3.16. The summed E-state index contributed by atoms with van der Waals surface area (Å²) < 4.78 is 0. The van der Waals surface area contributed by atoms with Gasteiger partial charge in [-0.05, 0) is 12.1 Å². The van der Waals surface area contributed by atoms with E-state index in [0.717, 1.165) is 16.5 Å². The Kier molecular flexibility index (Phi) is 2.56. The van der Waals surface area contributed by atoms with Gasteiger partial charge in [-0.15, -0.1) is 0 Å². The molecular formula is C13H12N4O2. The Balaban J connectivity index is 2.13. The van der Waals surface area contributed by atoms with Crippen LogP contribution in [0.25, 0.3) is 10.8 Å². The minimum Gasteiger partial charge on any atom is -0.383 e. The topological polar surface area (TPSA) is 88.3 Å². The van der Waals surface area contributed by atoms with Gasteiger partial charge in [0.25, 0.3) is 0 Å². The molecule has 1 fully saturated rings. The number of imide groups is 1. The molecule has 3 amide bonds. The Morgan fingerprint density at radius 2 is 2.05 bits per heavy atom. The van der Waals surface area contributed by atoms with Gasteiger partial charge >= 0.3 is 6.03 Å². The predicted octanol–water partition coefficient (Wildman–Crippen LogP) is 1.26. The van der Waals surface area contributed by atoms with E-state index in [1.165, 1.54) is 0 Å². The van der Waals surface area contributed by atoms with Crippen molar-refractivity contribution in [3.05, 3.63) is 30.5 Å². The van der Waals surface area contributed by atoms with Crippen molar-refractivity contribution in [3.63, 3.8) is 0 Å². The highest BCUT2D eigenvalue weighted by molar-refractivity contribution is 6.10. The fourth-order valence-electron chi connectivity index (χ4n) is 2.24. The zero-order valence-corrected chi connectivity index (χ0v) is 10.1. The second kappa shape index (κ2) is 4.24. The number of fused-ring (bicyclic) bond motifs is 1. The second-order valence-electron chi connectivity index (χ2n) is 4.32. The highest BCUT2D eigenvalue weighted by Crippen LogP contribution is 2.29. The Morgan fingerprint density at radius 3 is 2.84 bits per heavy atom. The first kappa shape index (κ1) is 11.5. The lowest BCUT2D eigenvalue weighted by Gasteiger charge is -2.27. The van der Waals surface area contributed by atoms with Crippen molar-refractivity contribution < 1.29 is 9.59 Å². The van der Waals surface area contributed by atoms with Crippen molar-refractivity contribution >= 4 is 34.2 Å². The number of hydrogen-bond acceptors (Lipinski definition) is 4. The fourth-order valence-corrected chi connectivity index (χ4v) is 2.24. The summed E-state index contributed by atoms with van der Waals surface area (Å²) in [5, 5.41) is 3.95. The van der Waals surface area contributed by atoms with Crippen molar-refractivity contribution in [2.75, 3.05) is 17.2 Å². The van der Waals surface area contributed by atoms with Crippen LogP contribution < -0.4 is 16.0 Å². The highest BCUT2D eigenvalue weighted by atomic mass is 16.2. The number of aromatic nitrogens is 1. The van der Waals surface area contributed by atoms with Gasteiger partial charge in [-0.1, -0.05) is 12.1 Å². The average Bonchev–Trinajstić information content (AvgIpc) is 2.39. The summed E-state index contributed by atoms with van der Waals surface area (Å²) in [4.78, 5) is 28.6. The summed E-state index contributed by atoms with van der Waals surface area (Å²) >= 11 is 0. The normalized spacial score (nSPS) is 15.7. The van der Waals surface area contributed by atoms with Crippen LogP contribution in [0.15, 0.2) is 30.5 Å². The number of hydrogen-bond donors (Lipinski definition) is 2. The molecule has 6 nitrogen and oxygen atoms in total. The van der Waals surface area contributed by atoms with Gasteiger partial charge in [0.05, 0.1) is 5.69 Å². The molecule has 0 aliphatic carbocycles. The molecular weight excluding hydrogens is 244 g/mol. The van der Waals surface area contributed by atoms with Gasteiger partial charge in [-0.2, -0.15) is 0 Å². The molecule has 6 heteroatoms. The Hall–Kier alpha value is -2.63. The Labute approximate surface area is 109 Å². The van der Waals surface area contributed by atoms with Gasteiger partial charge in [0.1, 0.15) is 5.82 Å². The van der Waals surface area contributed by atoms with Crippen LogP contribution in [0, 0.1) is 0 Å². The summed E-state index contributed by atoms with van der Waals surface area (Å²) in [6, 6.07) is 6.91. The third-order valence-electron chi connectivity index (χ3n) is 3.16. The van der Waals surface area contributed by atoms with Crippen LogP contribution in [-0.4, -0.2) is 23.5 Å². The molecule has 3 rings (SSSR count). The van der Waals surface area contributed by atoms with Crippen LogP contribution in [0.2, 0.25) is 0 Å². The van der Waals surface area contributed by atoms with Gasteiger partial charge in [0.15, 0.2) is 0 Å². The van der Waals surface area contributed by atoms with Crippen LogP contribution >= 0.6 is 0 Å². The smallest absolute Gasteiger partial charge is 0.328 e. The standard InChI is InChI=1S/C13H12N4O2/c14-12-9-2-1-3-10(8(9)4-6-15-12)17-7-5-11(18)16-13(17)19/h1-4,6H,5,7H2,(H2,14,15)(H,16,18,19). The molecule has 0 spiro atoms. The molecule has 1 aromatic heterocycles. The Morgan fingerprint density at radius 1 is 1.21 bits per heavy atom. The molecule has 19 heavy (non-hydrogen) atoms. The fraction of sp³-hybridized carbons (Fsp3) is 0.154. The minimum atomic E-state index is -0.404. The number of carbonyl (C=O) groups excluding carboxylic acids is 2. The number of nitrogens with two attached hydrogens (primary N) is 1. The number of nitrogens with one attached hydrogen (secondary N) is 1. The van der Waals surface area contributed by atoms with Crippen LogP contribution in [-0.2, 0) is 4.79 Å². The molecule has 2 heterocycles. The first-order chi connectivity index (χ1) is 9.16. The number of rotatable bonds is 1. The molecule has 1 saturated heterocycles. The zero-order valence-electron chi connectivity index (χ0n) is 10.1. The lowest BCUT2D eigenvalue weighted by molar-refractivity contribution is -0.120. The zero-order chi connectivity index (χ0) is 13.4. The lowest BCUT2D eigenvalue weighted by Crippen LogP contribution is -2.49. The highest BCUT2D eigenvalue weighted by Gasteiger charge is 2.25. The predicted molar refractivity (Wildman–Crippen MR) is 71.7 cm³/mol. The molecule has 2 aromatic rings. The molecule has 1 aromatic carbocycles. The average molecular weight is 256 g/mol. The molecule has 96 valence electrons. The number of benzene rings is 1. The molecule has 1 aliphatic heterocycles. The molecule has 0 bridgehead atoms. The summed E-state index contributed by atoms with van der Waals surface area (Å²) in [5.41, 5.74) is 6.56. The van der Waals surface area contributed by atoms with E-state index in [1.807, 2.05) is 24.3 Å². The van der Waals surface area contributed by atoms with E-state index >= 15 is 0 Å². The quantitative estimate of drug-likeness (QED) is 0.804. The van der Waals surface area contributed by atoms with Gasteiger partial charge < -0.3 is 5.73 Å². The monoisotopic (exact) mass is 256 g/mol. The van der Waals surface area contributed by atoms with Crippen LogP contribution in [0.4, 0.5) is 16.3 Å². The van der Waals surface area contributed by atoms with Crippen molar-refractivity contribution in [1.82, 2.24) is 10.3 Å². The van der Waals surface area contributed by atoms with E-state index in [1.54, 1.807) is 11.1 Å². The van der Waals surface area contributed by atoms with Gasteiger partial charge in [0, 0.05) is 29.9 Å². The van der Waals surface area contributed by atoms with Gasteiger partial charge in [0.2, 0.25) is 5.91 Å². The summed E-state index contributed by atoms with van der Waals surface area (Å²) in [6.07, 6.45) is 1.90. The van der Waals surface area contributed by atoms with Crippen LogP contribution in [0.3, 0.4) is 0 Å². The van der Waals surface area contributed by atoms with E-state index < -0.39 is 6.03 Å². The van der Waals surface area contributed by atoms with E-state index in [4.69, 9.17) is 5.73 Å². The number of amides is 3. The summed E-state index contributed by atoms with van der Waals surface area (Å²) in [5.74, 6) is 0.176. The van der Waals surface area contributed by atoms with Crippen molar-refractivity contribution in [3.8, 4) is 0 Å². The van der Waals surface area contributed by atoms with Crippen molar-refractivity contribution in [2.45, 2.75) is 6.42 Å².